The van der Waals surface area contributed by atoms with E-state index in [0.717, 1.165) is 44.8 Å². The normalized spacial score (nSPS) is 12.1. The molecule has 0 aliphatic carbocycles. The first kappa shape index (κ1) is 18.1. The molecule has 0 atom stereocenters. The molecule has 8 bridgehead atoms. The molecule has 0 unspecified atom stereocenters. The molecule has 5 heterocycles. The van der Waals surface area contributed by atoms with Crippen LogP contribution in [0.4, 0.5) is 0 Å². The topological polar surface area (TPSA) is 57.4 Å². The zero-order chi connectivity index (χ0) is 18.6. The number of nitrogens with one attached hydrogen (secondary N) is 2. The van der Waals surface area contributed by atoms with E-state index in [2.05, 4.69) is 50.3 Å². The van der Waals surface area contributed by atoms with Gasteiger partial charge < -0.3 is 9.97 Å². The first-order chi connectivity index (χ1) is 13.2. The molecule has 0 saturated carbocycles. The second-order valence-electron chi connectivity index (χ2n) is 5.95. The quantitative estimate of drug-likeness (QED) is 0.309. The van der Waals surface area contributed by atoms with Crippen LogP contribution in [0.5, 0.6) is 0 Å². The minimum atomic E-state index is 0.382. The maximum atomic E-state index is 4.73. The Balaban J connectivity index is 0.000000565. The van der Waals surface area contributed by atoms with Gasteiger partial charge in [0.25, 0.3) is 0 Å². The molecule has 0 amide bonds. The minimum absolute atomic E-state index is 0.382. The third-order valence-corrected chi connectivity index (χ3v) is 4.04. The van der Waals surface area contributed by atoms with Gasteiger partial charge >= 0.3 is 33.2 Å². The van der Waals surface area contributed by atoms with Crippen LogP contribution in [0, 0.1) is 0 Å². The number of rotatable bonds is 0. The fourth-order valence-corrected chi connectivity index (χ4v) is 2.94. The molecule has 3 aromatic rings. The molecule has 2 aliphatic heterocycles. The Hall–Kier alpha value is -2.31. The van der Waals surface area contributed by atoms with Crippen molar-refractivity contribution >= 4 is 66.7 Å². The molecule has 4 nitrogen and oxygen atoms in total. The summed E-state index contributed by atoms with van der Waals surface area (Å²) < 4.78 is 0. The summed E-state index contributed by atoms with van der Waals surface area (Å²) in [5.41, 5.74) is 7.86. The second kappa shape index (κ2) is 8.15. The molecule has 27 heavy (non-hydrogen) atoms. The Morgan fingerprint density at radius 1 is 0.556 bits per heavy atom. The number of nitrogens with zero attached hydrogens (tertiary/aromatic N) is 2. The number of aromatic amines is 2. The molecule has 0 spiro atoms. The van der Waals surface area contributed by atoms with Crippen LogP contribution in [0.3, 0.4) is 0 Å². The van der Waals surface area contributed by atoms with Crippen LogP contribution in [0.2, 0.25) is 0 Å². The summed E-state index contributed by atoms with van der Waals surface area (Å²) in [6.07, 6.45) is 8.05. The molecule has 0 radical (unpaired) electrons. The van der Waals surface area contributed by atoms with E-state index in [0.29, 0.717) is 12.9 Å². The Morgan fingerprint density at radius 2 is 0.889 bits per heavy atom. The predicted molar refractivity (Wildman–Crippen MR) is 111 cm³/mol. The van der Waals surface area contributed by atoms with Crippen LogP contribution < -0.4 is 0 Å². The number of halogens is 2. The van der Waals surface area contributed by atoms with E-state index in [1.807, 2.05) is 42.5 Å². The van der Waals surface area contributed by atoms with E-state index in [9.17, 15) is 0 Å². The Kier molecular flexibility index (Phi) is 5.45. The molecule has 7 heteroatoms. The fourth-order valence-electron chi connectivity index (χ4n) is 2.94. The molecule has 2 N–H and O–H groups in total. The van der Waals surface area contributed by atoms with Gasteiger partial charge in [-0.2, -0.15) is 0 Å². The maximum absolute atomic E-state index is 4.73. The van der Waals surface area contributed by atoms with Gasteiger partial charge in [0, 0.05) is 22.1 Å². The standard InChI is InChI=1S/C20H14N4.2ClH.Co/c1-2-14-10-16-5-6-18(23-16)12-20-8-7-19(24-20)11-17-4-3-15(22-17)9-13(1)21-14;;;/h1-12,21-22H;2*1H;/q;;;+2/p-2. The second-order valence-corrected chi connectivity index (χ2v) is 7.67. The van der Waals surface area contributed by atoms with E-state index < -0.39 is 0 Å². The van der Waals surface area contributed by atoms with Crippen molar-refractivity contribution in [2.24, 2.45) is 0 Å². The SMILES string of the molecule is C1=Cc2cc3ccc(cc4ccc(cc5nc(cc1n2)C=C5)[nH]4)[nH]3.[Cl][Co][Cl]. The van der Waals surface area contributed by atoms with Gasteiger partial charge in [-0.05, 0) is 72.8 Å². The molecule has 0 fully saturated rings. The molecule has 137 valence electrons. The van der Waals surface area contributed by atoms with Crippen molar-refractivity contribution < 1.29 is 12.9 Å². The number of hydrogen-bond acceptors (Lipinski definition) is 2. The van der Waals surface area contributed by atoms with Gasteiger partial charge in [0.1, 0.15) is 0 Å². The first-order valence-electron chi connectivity index (χ1n) is 8.10. The summed E-state index contributed by atoms with van der Waals surface area (Å²) in [4.78, 5) is 16.0. The van der Waals surface area contributed by atoms with Gasteiger partial charge in [-0.25, -0.2) is 9.97 Å². The van der Waals surface area contributed by atoms with Crippen LogP contribution in [0.1, 0.15) is 22.8 Å². The van der Waals surface area contributed by atoms with Crippen LogP contribution in [0.25, 0.3) is 46.4 Å². The van der Waals surface area contributed by atoms with E-state index in [1.165, 1.54) is 0 Å². The zero-order valence-electron chi connectivity index (χ0n) is 13.9. The molecule has 0 aromatic carbocycles. The number of hydrogen-bond donors (Lipinski definition) is 2. The molecule has 3 aromatic heterocycles. The van der Waals surface area contributed by atoms with E-state index in [4.69, 9.17) is 20.3 Å². The summed E-state index contributed by atoms with van der Waals surface area (Å²) in [6, 6.07) is 16.4. The molecule has 0 saturated heterocycles. The van der Waals surface area contributed by atoms with E-state index >= 15 is 0 Å². The predicted octanol–water partition coefficient (Wildman–Crippen LogP) is 6.03. The monoisotopic (exact) mass is 439 g/mol. The Bertz CT molecular complexity index is 1100. The van der Waals surface area contributed by atoms with E-state index in [-0.39, 0.29) is 0 Å². The van der Waals surface area contributed by atoms with Crippen LogP contribution in [-0.4, -0.2) is 19.9 Å². The Labute approximate surface area is 170 Å². The zero-order valence-corrected chi connectivity index (χ0v) is 16.5. The van der Waals surface area contributed by atoms with Crippen molar-refractivity contribution in [2.45, 2.75) is 0 Å². The molecule has 5 rings (SSSR count). The van der Waals surface area contributed by atoms with Gasteiger partial charge in [-0.1, -0.05) is 0 Å². The van der Waals surface area contributed by atoms with Crippen LogP contribution >= 0.6 is 20.3 Å². The molecule has 2 aliphatic rings. The third kappa shape index (κ3) is 4.51. The van der Waals surface area contributed by atoms with Crippen molar-refractivity contribution in [3.05, 3.63) is 71.3 Å². The summed E-state index contributed by atoms with van der Waals surface area (Å²) in [5.74, 6) is 0. The Morgan fingerprint density at radius 3 is 1.30 bits per heavy atom. The van der Waals surface area contributed by atoms with Crippen molar-refractivity contribution in [1.29, 1.82) is 0 Å². The van der Waals surface area contributed by atoms with Gasteiger partial charge in [0.05, 0.1) is 22.8 Å². The third-order valence-electron chi connectivity index (χ3n) is 4.04. The van der Waals surface area contributed by atoms with Crippen molar-refractivity contribution in [3.8, 4) is 0 Å². The van der Waals surface area contributed by atoms with Crippen molar-refractivity contribution in [3.63, 3.8) is 0 Å². The molecular weight excluding hydrogens is 426 g/mol. The number of H-pyrrole nitrogens is 2. The fraction of sp³-hybridized carbons (Fsp3) is 0. The van der Waals surface area contributed by atoms with E-state index in [1.54, 1.807) is 0 Å². The first-order valence-corrected chi connectivity index (χ1v) is 11.0. The van der Waals surface area contributed by atoms with Gasteiger partial charge in [0.15, 0.2) is 0 Å². The van der Waals surface area contributed by atoms with Gasteiger partial charge in [-0.15, -0.1) is 0 Å². The van der Waals surface area contributed by atoms with Gasteiger partial charge in [-0.3, -0.25) is 0 Å². The number of fused-ring (bicyclic) bond motifs is 8. The van der Waals surface area contributed by atoms with Crippen LogP contribution in [-0.2, 0) is 12.9 Å². The average molecular weight is 440 g/mol. The van der Waals surface area contributed by atoms with Crippen molar-refractivity contribution in [2.75, 3.05) is 0 Å². The van der Waals surface area contributed by atoms with Crippen molar-refractivity contribution in [1.82, 2.24) is 19.9 Å². The summed E-state index contributed by atoms with van der Waals surface area (Å²) in [5, 5.41) is 0. The number of aromatic nitrogens is 4. The van der Waals surface area contributed by atoms with Gasteiger partial charge in [0.2, 0.25) is 0 Å². The summed E-state index contributed by atoms with van der Waals surface area (Å²) >= 11 is 0.382. The summed E-state index contributed by atoms with van der Waals surface area (Å²) in [7, 11) is 9.47. The summed E-state index contributed by atoms with van der Waals surface area (Å²) in [6.45, 7) is 0. The molecular formula is C20H14Cl2CoN4. The average Bonchev–Trinajstić information content (AvgIpc) is 3.41. The van der Waals surface area contributed by atoms with Crippen LogP contribution in [0.15, 0.2) is 48.5 Å².